The van der Waals surface area contributed by atoms with Crippen molar-refractivity contribution in [2.24, 2.45) is 0 Å². The zero-order valence-corrected chi connectivity index (χ0v) is 23.7. The second-order valence-electron chi connectivity index (χ2n) is 10.8. The Bertz CT molecular complexity index is 1510. The van der Waals surface area contributed by atoms with E-state index in [2.05, 4.69) is 10.3 Å². The fraction of sp³-hybridized carbons (Fsp3) is 0.355. The standard InChI is InChI=1S/C31H29ClF4N4O3/c32-24-8-2-1-7-23(24)28(30(43)38-20-12-14-31(35,36)15-13-20)39(21-6-3-5-19(33)17-21)27(42)18-22-10-11-26(41)40(22)29-25(34)9-4-16-37-29/h1-9,16-17,20,22,28H,10-15,18H2,(H,38,43). The van der Waals surface area contributed by atoms with Crippen LogP contribution in [0.4, 0.5) is 29.1 Å². The first-order valence-electron chi connectivity index (χ1n) is 14.0. The number of alkyl halides is 2. The second-order valence-corrected chi connectivity index (χ2v) is 11.2. The van der Waals surface area contributed by atoms with Crippen LogP contribution < -0.4 is 15.1 Å². The van der Waals surface area contributed by atoms with Crippen LogP contribution in [-0.2, 0) is 14.4 Å². The molecule has 1 aliphatic heterocycles. The molecule has 0 radical (unpaired) electrons. The van der Waals surface area contributed by atoms with Crippen LogP contribution in [0.1, 0.15) is 56.6 Å². The van der Waals surface area contributed by atoms with Gasteiger partial charge in [-0.2, -0.15) is 0 Å². The molecule has 1 aliphatic carbocycles. The number of nitrogens with zero attached hydrogens (tertiary/aromatic N) is 3. The van der Waals surface area contributed by atoms with Crippen molar-refractivity contribution in [1.82, 2.24) is 10.3 Å². The maximum Gasteiger partial charge on any atom is 0.248 e. The molecule has 1 N–H and O–H groups in total. The van der Waals surface area contributed by atoms with E-state index < -0.39 is 66.2 Å². The van der Waals surface area contributed by atoms with Gasteiger partial charge in [-0.3, -0.25) is 24.2 Å². The molecule has 226 valence electrons. The zero-order chi connectivity index (χ0) is 30.7. The molecule has 1 saturated heterocycles. The summed E-state index contributed by atoms with van der Waals surface area (Å²) in [4.78, 5) is 47.2. The minimum Gasteiger partial charge on any atom is -0.351 e. The van der Waals surface area contributed by atoms with Crippen molar-refractivity contribution in [1.29, 1.82) is 0 Å². The minimum absolute atomic E-state index is 0.0384. The van der Waals surface area contributed by atoms with Crippen molar-refractivity contribution in [2.45, 2.75) is 69.0 Å². The summed E-state index contributed by atoms with van der Waals surface area (Å²) in [5.41, 5.74) is 0.274. The van der Waals surface area contributed by atoms with E-state index in [4.69, 9.17) is 11.6 Å². The van der Waals surface area contributed by atoms with Crippen molar-refractivity contribution in [3.63, 3.8) is 0 Å². The van der Waals surface area contributed by atoms with Gasteiger partial charge in [-0.05, 0) is 55.7 Å². The van der Waals surface area contributed by atoms with E-state index in [1.54, 1.807) is 18.2 Å². The van der Waals surface area contributed by atoms with Crippen molar-refractivity contribution >= 4 is 40.8 Å². The lowest BCUT2D eigenvalue weighted by Gasteiger charge is -2.35. The quantitative estimate of drug-likeness (QED) is 0.298. The smallest absolute Gasteiger partial charge is 0.248 e. The fourth-order valence-electron chi connectivity index (χ4n) is 5.70. The third kappa shape index (κ3) is 6.82. The molecule has 0 spiro atoms. The highest BCUT2D eigenvalue weighted by Crippen LogP contribution is 2.37. The SMILES string of the molecule is O=C(NC1CCC(F)(F)CC1)C(c1ccccc1Cl)N(C(=O)CC1CCC(=O)N1c1ncccc1F)c1cccc(F)c1. The molecule has 1 aromatic heterocycles. The van der Waals surface area contributed by atoms with Crippen molar-refractivity contribution in [3.8, 4) is 0 Å². The maximum absolute atomic E-state index is 14.7. The predicted molar refractivity (Wildman–Crippen MR) is 153 cm³/mol. The molecule has 7 nitrogen and oxygen atoms in total. The van der Waals surface area contributed by atoms with Gasteiger partial charge in [0.15, 0.2) is 11.6 Å². The van der Waals surface area contributed by atoms with Gasteiger partial charge in [0.05, 0.1) is 0 Å². The van der Waals surface area contributed by atoms with Crippen LogP contribution in [0, 0.1) is 11.6 Å². The molecule has 2 fully saturated rings. The molecule has 1 saturated carbocycles. The second kappa shape index (κ2) is 12.7. The van der Waals surface area contributed by atoms with Crippen LogP contribution in [0.5, 0.6) is 0 Å². The highest BCUT2D eigenvalue weighted by Gasteiger charge is 2.41. The molecular formula is C31H29ClF4N4O3. The average molecular weight is 617 g/mol. The molecule has 3 amide bonds. The van der Waals surface area contributed by atoms with E-state index in [9.17, 15) is 31.9 Å². The van der Waals surface area contributed by atoms with E-state index in [1.807, 2.05) is 0 Å². The number of anilines is 2. The number of hydrogen-bond donors (Lipinski definition) is 1. The molecule has 2 heterocycles. The first-order valence-corrected chi connectivity index (χ1v) is 14.3. The lowest BCUT2D eigenvalue weighted by atomic mass is 9.91. The number of rotatable bonds is 8. The van der Waals surface area contributed by atoms with E-state index >= 15 is 0 Å². The summed E-state index contributed by atoms with van der Waals surface area (Å²) in [5.74, 6) is -6.19. The Balaban J connectivity index is 1.52. The number of amides is 3. The summed E-state index contributed by atoms with van der Waals surface area (Å²) < 4.78 is 56.8. The number of halogens is 5. The third-order valence-electron chi connectivity index (χ3n) is 7.83. The molecule has 5 rings (SSSR count). The zero-order valence-electron chi connectivity index (χ0n) is 23.0. The molecule has 3 aromatic rings. The van der Waals surface area contributed by atoms with Crippen LogP contribution in [-0.4, -0.2) is 40.7 Å². The summed E-state index contributed by atoms with van der Waals surface area (Å²) in [6.07, 6.45) is 0.551. The van der Waals surface area contributed by atoms with E-state index in [0.29, 0.717) is 0 Å². The normalized spacial score (nSPS) is 19.2. The van der Waals surface area contributed by atoms with Gasteiger partial charge in [-0.25, -0.2) is 22.5 Å². The van der Waals surface area contributed by atoms with Gasteiger partial charge >= 0.3 is 0 Å². The van der Waals surface area contributed by atoms with Gasteiger partial charge in [0.1, 0.15) is 11.9 Å². The maximum atomic E-state index is 14.7. The van der Waals surface area contributed by atoms with Crippen molar-refractivity contribution in [2.75, 3.05) is 9.80 Å². The molecule has 2 aromatic carbocycles. The Morgan fingerprint density at radius 3 is 2.49 bits per heavy atom. The number of carbonyl (C=O) groups is 3. The average Bonchev–Trinajstić information content (AvgIpc) is 3.32. The number of carbonyl (C=O) groups excluding carboxylic acids is 3. The number of benzene rings is 2. The Morgan fingerprint density at radius 2 is 1.79 bits per heavy atom. The van der Waals surface area contributed by atoms with E-state index in [1.165, 1.54) is 36.5 Å². The minimum atomic E-state index is -2.81. The lowest BCUT2D eigenvalue weighted by molar-refractivity contribution is -0.128. The topological polar surface area (TPSA) is 82.6 Å². The van der Waals surface area contributed by atoms with Crippen molar-refractivity contribution < 1.29 is 31.9 Å². The van der Waals surface area contributed by atoms with Gasteiger partial charge in [0, 0.05) is 60.2 Å². The molecule has 2 atom stereocenters. The molecule has 2 unspecified atom stereocenters. The predicted octanol–water partition coefficient (Wildman–Crippen LogP) is 6.37. The first-order chi connectivity index (χ1) is 20.5. The number of nitrogens with one attached hydrogen (secondary N) is 1. The van der Waals surface area contributed by atoms with Gasteiger partial charge in [-0.1, -0.05) is 35.9 Å². The summed E-state index contributed by atoms with van der Waals surface area (Å²) in [5, 5.41) is 2.96. The van der Waals surface area contributed by atoms with Gasteiger partial charge < -0.3 is 5.32 Å². The molecule has 12 heteroatoms. The van der Waals surface area contributed by atoms with Gasteiger partial charge in [0.25, 0.3) is 0 Å². The van der Waals surface area contributed by atoms with E-state index in [-0.39, 0.29) is 54.2 Å². The van der Waals surface area contributed by atoms with Crippen LogP contribution in [0.2, 0.25) is 5.02 Å². The van der Waals surface area contributed by atoms with Crippen molar-refractivity contribution in [3.05, 3.63) is 89.1 Å². The first kappa shape index (κ1) is 30.5. The Kier molecular flexibility index (Phi) is 9.00. The summed E-state index contributed by atoms with van der Waals surface area (Å²) in [6, 6.07) is 11.2. The Labute approximate surface area is 250 Å². The van der Waals surface area contributed by atoms with Crippen LogP contribution in [0.3, 0.4) is 0 Å². The van der Waals surface area contributed by atoms with Gasteiger partial charge in [0.2, 0.25) is 23.6 Å². The monoisotopic (exact) mass is 616 g/mol. The lowest BCUT2D eigenvalue weighted by Crippen LogP contribution is -2.49. The number of pyridine rings is 1. The largest absolute Gasteiger partial charge is 0.351 e. The summed E-state index contributed by atoms with van der Waals surface area (Å²) >= 11 is 6.53. The third-order valence-corrected chi connectivity index (χ3v) is 8.17. The van der Waals surface area contributed by atoms with Crippen LogP contribution >= 0.6 is 11.6 Å². The summed E-state index contributed by atoms with van der Waals surface area (Å²) in [6.45, 7) is 0. The molecule has 0 bridgehead atoms. The Morgan fingerprint density at radius 1 is 1.05 bits per heavy atom. The van der Waals surface area contributed by atoms with Gasteiger partial charge in [-0.15, -0.1) is 0 Å². The number of hydrogen-bond acceptors (Lipinski definition) is 4. The van der Waals surface area contributed by atoms with Crippen LogP contribution in [0.15, 0.2) is 66.9 Å². The summed E-state index contributed by atoms with van der Waals surface area (Å²) in [7, 11) is 0. The molecule has 43 heavy (non-hydrogen) atoms. The molecular weight excluding hydrogens is 588 g/mol. The fourth-order valence-corrected chi connectivity index (χ4v) is 5.94. The van der Waals surface area contributed by atoms with Crippen LogP contribution in [0.25, 0.3) is 0 Å². The molecule has 2 aliphatic rings. The Hall–Kier alpha value is -3.99. The highest BCUT2D eigenvalue weighted by atomic mass is 35.5. The highest BCUT2D eigenvalue weighted by molar-refractivity contribution is 6.31. The van der Waals surface area contributed by atoms with E-state index in [0.717, 1.165) is 21.9 Å². The number of aromatic nitrogens is 1.